The molecule has 0 aromatic carbocycles. The fourth-order valence-corrected chi connectivity index (χ4v) is 2.65. The van der Waals surface area contributed by atoms with Crippen molar-refractivity contribution in [2.75, 3.05) is 29.4 Å². The van der Waals surface area contributed by atoms with E-state index in [2.05, 4.69) is 16.9 Å². The molecule has 3 rings (SSSR count). The van der Waals surface area contributed by atoms with Crippen LogP contribution in [-0.2, 0) is 11.0 Å². The SMILES string of the molecule is C=CN1C(=O)C2CNCCN2c2ncc(C(F)(F)F)cc21. The fourth-order valence-electron chi connectivity index (χ4n) is 2.65. The number of amides is 1. The molecular formula is C13H13F3N4O. The van der Waals surface area contributed by atoms with Crippen LogP contribution in [0.5, 0.6) is 0 Å². The summed E-state index contributed by atoms with van der Waals surface area (Å²) in [5.74, 6) is 0.0832. The van der Waals surface area contributed by atoms with Gasteiger partial charge in [0, 0.05) is 32.0 Å². The minimum absolute atomic E-state index is 0.128. The van der Waals surface area contributed by atoms with Gasteiger partial charge in [0.25, 0.3) is 5.91 Å². The van der Waals surface area contributed by atoms with Gasteiger partial charge in [-0.3, -0.25) is 9.69 Å². The van der Waals surface area contributed by atoms with Gasteiger partial charge in [0.15, 0.2) is 5.82 Å². The maximum absolute atomic E-state index is 12.8. The number of aromatic nitrogens is 1. The number of anilines is 2. The molecule has 0 saturated carbocycles. The van der Waals surface area contributed by atoms with Gasteiger partial charge in [-0.2, -0.15) is 13.2 Å². The van der Waals surface area contributed by atoms with E-state index in [0.717, 1.165) is 17.2 Å². The predicted molar refractivity (Wildman–Crippen MR) is 70.9 cm³/mol. The molecular weight excluding hydrogens is 285 g/mol. The summed E-state index contributed by atoms with van der Waals surface area (Å²) in [5.41, 5.74) is -0.752. The van der Waals surface area contributed by atoms with Crippen LogP contribution in [0.15, 0.2) is 25.0 Å². The molecule has 1 fully saturated rings. The first kappa shape index (κ1) is 13.9. The number of fused-ring (bicyclic) bond motifs is 3. The van der Waals surface area contributed by atoms with Crippen LogP contribution in [0.4, 0.5) is 24.7 Å². The van der Waals surface area contributed by atoms with E-state index < -0.39 is 17.8 Å². The summed E-state index contributed by atoms with van der Waals surface area (Å²) in [6.45, 7) is 5.13. The summed E-state index contributed by atoms with van der Waals surface area (Å²) in [4.78, 5) is 19.2. The number of halogens is 3. The highest BCUT2D eigenvalue weighted by molar-refractivity contribution is 6.06. The second-order valence-corrected chi connectivity index (χ2v) is 4.87. The fraction of sp³-hybridized carbons (Fsp3) is 0.385. The molecule has 0 bridgehead atoms. The number of piperazine rings is 1. The largest absolute Gasteiger partial charge is 0.417 e. The summed E-state index contributed by atoms with van der Waals surface area (Å²) in [6, 6.07) is 0.480. The maximum Gasteiger partial charge on any atom is 0.417 e. The van der Waals surface area contributed by atoms with Crippen molar-refractivity contribution < 1.29 is 18.0 Å². The maximum atomic E-state index is 12.8. The molecule has 3 heterocycles. The van der Waals surface area contributed by atoms with E-state index in [0.29, 0.717) is 25.5 Å². The Balaban J connectivity index is 2.13. The average molecular weight is 298 g/mol. The number of alkyl halides is 3. The van der Waals surface area contributed by atoms with Gasteiger partial charge in [-0.05, 0) is 6.07 Å². The zero-order valence-corrected chi connectivity index (χ0v) is 11.0. The van der Waals surface area contributed by atoms with E-state index in [1.165, 1.54) is 6.20 Å². The van der Waals surface area contributed by atoms with Gasteiger partial charge in [-0.25, -0.2) is 4.98 Å². The van der Waals surface area contributed by atoms with Crippen LogP contribution in [0.3, 0.4) is 0 Å². The lowest BCUT2D eigenvalue weighted by atomic mass is 10.1. The van der Waals surface area contributed by atoms with Crippen molar-refractivity contribution in [3.05, 3.63) is 30.6 Å². The number of pyridine rings is 1. The van der Waals surface area contributed by atoms with Gasteiger partial charge in [-0.1, -0.05) is 6.58 Å². The van der Waals surface area contributed by atoms with Crippen LogP contribution in [0.25, 0.3) is 0 Å². The zero-order chi connectivity index (χ0) is 15.2. The zero-order valence-electron chi connectivity index (χ0n) is 11.0. The second-order valence-electron chi connectivity index (χ2n) is 4.87. The van der Waals surface area contributed by atoms with Crippen LogP contribution in [0.1, 0.15) is 5.56 Å². The molecule has 2 aliphatic heterocycles. The summed E-state index contributed by atoms with van der Waals surface area (Å²) in [6.07, 6.45) is -2.47. The molecule has 1 saturated heterocycles. The lowest BCUT2D eigenvalue weighted by Gasteiger charge is -2.43. The number of carbonyl (C=O) groups is 1. The molecule has 0 aliphatic carbocycles. The number of rotatable bonds is 1. The van der Waals surface area contributed by atoms with Crippen molar-refractivity contribution in [3.63, 3.8) is 0 Å². The number of carbonyl (C=O) groups excluding carboxylic acids is 1. The van der Waals surface area contributed by atoms with Gasteiger partial charge >= 0.3 is 6.18 Å². The molecule has 1 unspecified atom stereocenters. The highest BCUT2D eigenvalue weighted by Gasteiger charge is 2.41. The third kappa shape index (κ3) is 2.15. The minimum Gasteiger partial charge on any atom is -0.340 e. The standard InChI is InChI=1S/C13H13F3N4O/c1-2-19-9-5-8(13(14,15)16)6-18-11(9)20-4-3-17-7-10(20)12(19)21/h2,5-6,10,17H,1,3-4,7H2. The number of nitrogens with zero attached hydrogens (tertiary/aromatic N) is 3. The van der Waals surface area contributed by atoms with Gasteiger partial charge in [0.2, 0.25) is 0 Å². The Bertz CT molecular complexity index is 602. The van der Waals surface area contributed by atoms with Crippen LogP contribution >= 0.6 is 0 Å². The Kier molecular flexibility index (Phi) is 3.12. The highest BCUT2D eigenvalue weighted by Crippen LogP contribution is 2.39. The monoisotopic (exact) mass is 298 g/mol. The quantitative estimate of drug-likeness (QED) is 0.851. The first-order chi connectivity index (χ1) is 9.93. The second kappa shape index (κ2) is 4.73. The molecule has 1 aromatic heterocycles. The smallest absolute Gasteiger partial charge is 0.340 e. The molecule has 1 aromatic rings. The molecule has 2 aliphatic rings. The van der Waals surface area contributed by atoms with Crippen LogP contribution in [0.2, 0.25) is 0 Å². The summed E-state index contributed by atoms with van der Waals surface area (Å²) in [7, 11) is 0. The van der Waals surface area contributed by atoms with Crippen molar-refractivity contribution in [1.82, 2.24) is 10.3 Å². The van der Waals surface area contributed by atoms with Gasteiger partial charge < -0.3 is 10.2 Å². The summed E-state index contributed by atoms with van der Waals surface area (Å²) in [5, 5.41) is 3.09. The van der Waals surface area contributed by atoms with E-state index in [1.54, 1.807) is 4.90 Å². The van der Waals surface area contributed by atoms with Crippen LogP contribution in [-0.4, -0.2) is 36.6 Å². The first-order valence-corrected chi connectivity index (χ1v) is 6.43. The van der Waals surface area contributed by atoms with E-state index in [4.69, 9.17) is 0 Å². The van der Waals surface area contributed by atoms with E-state index in [1.807, 2.05) is 0 Å². The first-order valence-electron chi connectivity index (χ1n) is 6.43. The topological polar surface area (TPSA) is 48.5 Å². The van der Waals surface area contributed by atoms with Gasteiger partial charge in [-0.15, -0.1) is 0 Å². The molecule has 112 valence electrons. The molecule has 8 heteroatoms. The molecule has 21 heavy (non-hydrogen) atoms. The van der Waals surface area contributed by atoms with Crippen molar-refractivity contribution >= 4 is 17.4 Å². The Hall–Kier alpha value is -2.09. The Morgan fingerprint density at radius 2 is 2.24 bits per heavy atom. The molecule has 1 N–H and O–H groups in total. The van der Waals surface area contributed by atoms with E-state index in [9.17, 15) is 18.0 Å². The molecule has 1 amide bonds. The predicted octanol–water partition coefficient (Wildman–Crippen LogP) is 1.37. The highest BCUT2D eigenvalue weighted by atomic mass is 19.4. The molecule has 0 radical (unpaired) electrons. The summed E-state index contributed by atoms with van der Waals surface area (Å²) < 4.78 is 38.5. The number of nitrogens with one attached hydrogen (secondary N) is 1. The van der Waals surface area contributed by atoms with Crippen molar-refractivity contribution in [2.45, 2.75) is 12.2 Å². The van der Waals surface area contributed by atoms with Crippen molar-refractivity contribution in [1.29, 1.82) is 0 Å². The molecule has 1 atom stereocenters. The normalized spacial score (nSPS) is 21.9. The third-order valence-electron chi connectivity index (χ3n) is 3.65. The lowest BCUT2D eigenvalue weighted by Crippen LogP contribution is -2.61. The third-order valence-corrected chi connectivity index (χ3v) is 3.65. The Morgan fingerprint density at radius 3 is 2.90 bits per heavy atom. The Morgan fingerprint density at radius 1 is 1.48 bits per heavy atom. The van der Waals surface area contributed by atoms with Gasteiger partial charge in [0.05, 0.1) is 11.3 Å². The lowest BCUT2D eigenvalue weighted by molar-refractivity contribution is -0.137. The van der Waals surface area contributed by atoms with Crippen molar-refractivity contribution in [3.8, 4) is 0 Å². The van der Waals surface area contributed by atoms with E-state index >= 15 is 0 Å². The van der Waals surface area contributed by atoms with Crippen LogP contribution < -0.4 is 15.1 Å². The Labute approximate surface area is 119 Å². The van der Waals surface area contributed by atoms with Crippen LogP contribution in [0, 0.1) is 0 Å². The number of hydrogen-bond acceptors (Lipinski definition) is 4. The number of hydrogen-bond donors (Lipinski definition) is 1. The average Bonchev–Trinajstić information content (AvgIpc) is 2.46. The van der Waals surface area contributed by atoms with E-state index in [-0.39, 0.29) is 11.6 Å². The molecule has 0 spiro atoms. The minimum atomic E-state index is -4.50. The van der Waals surface area contributed by atoms with Crippen molar-refractivity contribution in [2.24, 2.45) is 0 Å². The summed E-state index contributed by atoms with van der Waals surface area (Å²) >= 11 is 0. The molecule has 5 nitrogen and oxygen atoms in total. The van der Waals surface area contributed by atoms with Gasteiger partial charge in [0.1, 0.15) is 6.04 Å².